The van der Waals surface area contributed by atoms with Gasteiger partial charge in [-0.25, -0.2) is 0 Å². The van der Waals surface area contributed by atoms with Crippen molar-refractivity contribution < 1.29 is 9.53 Å². The summed E-state index contributed by atoms with van der Waals surface area (Å²) in [6.45, 7) is 1.32. The van der Waals surface area contributed by atoms with Crippen LogP contribution in [-0.4, -0.2) is 17.9 Å². The molecule has 12 heavy (non-hydrogen) atoms. The summed E-state index contributed by atoms with van der Waals surface area (Å²) in [6, 6.07) is 1.84. The minimum Gasteiger partial charge on any atom is -0.376 e. The van der Waals surface area contributed by atoms with E-state index in [1.807, 2.05) is 6.07 Å². The van der Waals surface area contributed by atoms with Gasteiger partial charge in [-0.1, -0.05) is 0 Å². The molecule has 0 N–H and O–H groups in total. The Morgan fingerprint density at radius 2 is 2.50 bits per heavy atom. The Balaban J connectivity index is 2.42. The van der Waals surface area contributed by atoms with Crippen LogP contribution in [0.3, 0.4) is 0 Å². The highest BCUT2D eigenvalue weighted by atomic mass is 16.5. The highest BCUT2D eigenvalue weighted by Gasteiger charge is 2.10. The molecule has 0 aromatic carbocycles. The minimum absolute atomic E-state index is 0.587. The van der Waals surface area contributed by atoms with Crippen LogP contribution in [-0.2, 0) is 17.8 Å². The molecule has 0 fully saturated rings. The minimum atomic E-state index is 0.587. The Labute approximate surface area is 70.4 Å². The third-order valence-corrected chi connectivity index (χ3v) is 1.96. The molecule has 1 aromatic heterocycles. The summed E-state index contributed by atoms with van der Waals surface area (Å²) >= 11 is 0. The first kappa shape index (κ1) is 7.43. The van der Waals surface area contributed by atoms with Crippen LogP contribution in [0, 0.1) is 0 Å². The summed E-state index contributed by atoms with van der Waals surface area (Å²) < 4.78 is 5.24. The van der Waals surface area contributed by atoms with Gasteiger partial charge in [-0.05, 0) is 6.07 Å². The van der Waals surface area contributed by atoms with Gasteiger partial charge in [0.2, 0.25) is 0 Å². The molecule has 0 saturated carbocycles. The summed E-state index contributed by atoms with van der Waals surface area (Å²) in [5, 5.41) is 0. The van der Waals surface area contributed by atoms with E-state index >= 15 is 0 Å². The molecule has 1 aliphatic rings. The van der Waals surface area contributed by atoms with Gasteiger partial charge in [-0.3, -0.25) is 9.78 Å². The van der Waals surface area contributed by atoms with Crippen molar-refractivity contribution in [2.45, 2.75) is 13.0 Å². The van der Waals surface area contributed by atoms with E-state index in [0.717, 1.165) is 30.6 Å². The quantitative estimate of drug-likeness (QED) is 0.579. The molecular weight excluding hydrogens is 154 g/mol. The number of aromatic nitrogens is 1. The monoisotopic (exact) mass is 163 g/mol. The highest BCUT2D eigenvalue weighted by Crippen LogP contribution is 2.14. The zero-order valence-corrected chi connectivity index (χ0v) is 6.62. The number of hydrogen-bond acceptors (Lipinski definition) is 3. The second-order valence-electron chi connectivity index (χ2n) is 2.79. The molecule has 3 heteroatoms. The molecule has 0 atom stereocenters. The molecule has 62 valence electrons. The van der Waals surface area contributed by atoms with Crippen molar-refractivity contribution in [3.63, 3.8) is 0 Å². The van der Waals surface area contributed by atoms with E-state index in [2.05, 4.69) is 4.98 Å². The zero-order valence-electron chi connectivity index (χ0n) is 6.62. The molecule has 1 aromatic rings. The van der Waals surface area contributed by atoms with Crippen LogP contribution < -0.4 is 0 Å². The maximum absolute atomic E-state index is 10.4. The fourth-order valence-corrected chi connectivity index (χ4v) is 1.32. The summed E-state index contributed by atoms with van der Waals surface area (Å²) in [6.07, 6.45) is 3.27. The van der Waals surface area contributed by atoms with E-state index < -0.39 is 0 Å². The van der Waals surface area contributed by atoms with E-state index in [9.17, 15) is 4.79 Å². The third-order valence-electron chi connectivity index (χ3n) is 1.96. The highest BCUT2D eigenvalue weighted by molar-refractivity contribution is 5.74. The summed E-state index contributed by atoms with van der Waals surface area (Å²) in [7, 11) is 0. The van der Waals surface area contributed by atoms with Crippen LogP contribution in [0.1, 0.15) is 21.6 Å². The van der Waals surface area contributed by atoms with Gasteiger partial charge >= 0.3 is 0 Å². The molecule has 0 spiro atoms. The first-order valence-electron chi connectivity index (χ1n) is 3.91. The number of hydrogen-bond donors (Lipinski definition) is 0. The van der Waals surface area contributed by atoms with Crippen LogP contribution in [0.5, 0.6) is 0 Å². The standard InChI is InChI=1S/C9H9NO2/c11-5-7-3-8-6-12-2-1-9(8)10-4-7/h3-5H,1-2,6H2. The Morgan fingerprint density at radius 3 is 3.33 bits per heavy atom. The number of carbonyl (C=O) groups is 1. The van der Waals surface area contributed by atoms with E-state index in [4.69, 9.17) is 4.74 Å². The lowest BCUT2D eigenvalue weighted by Crippen LogP contribution is -2.11. The fraction of sp³-hybridized carbons (Fsp3) is 0.333. The van der Waals surface area contributed by atoms with Gasteiger partial charge in [-0.2, -0.15) is 0 Å². The molecule has 1 aliphatic heterocycles. The molecule has 0 bridgehead atoms. The van der Waals surface area contributed by atoms with Crippen LogP contribution in [0.15, 0.2) is 12.3 Å². The summed E-state index contributed by atoms with van der Waals surface area (Å²) in [5.41, 5.74) is 2.73. The van der Waals surface area contributed by atoms with Crippen molar-refractivity contribution >= 4 is 6.29 Å². The lowest BCUT2D eigenvalue weighted by atomic mass is 10.1. The molecule has 0 aliphatic carbocycles. The van der Waals surface area contributed by atoms with Crippen molar-refractivity contribution in [3.05, 3.63) is 29.1 Å². The molecule has 2 rings (SSSR count). The van der Waals surface area contributed by atoms with Crippen molar-refractivity contribution in [1.29, 1.82) is 0 Å². The predicted molar refractivity (Wildman–Crippen MR) is 43.0 cm³/mol. The molecule has 0 saturated heterocycles. The third kappa shape index (κ3) is 1.23. The van der Waals surface area contributed by atoms with Gasteiger partial charge in [0.25, 0.3) is 0 Å². The Kier molecular flexibility index (Phi) is 1.87. The normalized spacial score (nSPS) is 15.3. The SMILES string of the molecule is O=Cc1cnc2c(c1)COCC2. The molecule has 0 radical (unpaired) electrons. The average molecular weight is 163 g/mol. The molecule has 0 amide bonds. The van der Waals surface area contributed by atoms with Gasteiger partial charge in [0, 0.05) is 29.4 Å². The van der Waals surface area contributed by atoms with Crippen molar-refractivity contribution in [3.8, 4) is 0 Å². The zero-order chi connectivity index (χ0) is 8.39. The topological polar surface area (TPSA) is 39.2 Å². The number of aldehydes is 1. The largest absolute Gasteiger partial charge is 0.376 e. The summed E-state index contributed by atoms with van der Waals surface area (Å²) in [5.74, 6) is 0. The van der Waals surface area contributed by atoms with Gasteiger partial charge in [-0.15, -0.1) is 0 Å². The lowest BCUT2D eigenvalue weighted by molar-refractivity contribution is 0.108. The van der Waals surface area contributed by atoms with Crippen LogP contribution in [0.25, 0.3) is 0 Å². The number of carbonyl (C=O) groups excluding carboxylic acids is 1. The molecule has 3 nitrogen and oxygen atoms in total. The van der Waals surface area contributed by atoms with E-state index in [-0.39, 0.29) is 0 Å². The molecule has 2 heterocycles. The van der Waals surface area contributed by atoms with Gasteiger partial charge in [0.05, 0.1) is 13.2 Å². The molecular formula is C9H9NO2. The summed E-state index contributed by atoms with van der Waals surface area (Å²) in [4.78, 5) is 14.6. The number of ether oxygens (including phenoxy) is 1. The van der Waals surface area contributed by atoms with Crippen LogP contribution in [0.4, 0.5) is 0 Å². The van der Waals surface area contributed by atoms with Crippen molar-refractivity contribution in [2.75, 3.05) is 6.61 Å². The van der Waals surface area contributed by atoms with Gasteiger partial charge < -0.3 is 4.74 Å². The maximum atomic E-state index is 10.4. The second kappa shape index (κ2) is 3.03. The number of pyridine rings is 1. The Morgan fingerprint density at radius 1 is 1.58 bits per heavy atom. The van der Waals surface area contributed by atoms with Crippen LogP contribution >= 0.6 is 0 Å². The number of rotatable bonds is 1. The van der Waals surface area contributed by atoms with Gasteiger partial charge in [0.1, 0.15) is 0 Å². The maximum Gasteiger partial charge on any atom is 0.151 e. The Hall–Kier alpha value is -1.22. The smallest absolute Gasteiger partial charge is 0.151 e. The van der Waals surface area contributed by atoms with Crippen molar-refractivity contribution in [2.24, 2.45) is 0 Å². The van der Waals surface area contributed by atoms with Gasteiger partial charge in [0.15, 0.2) is 6.29 Å². The fourth-order valence-electron chi connectivity index (χ4n) is 1.32. The lowest BCUT2D eigenvalue weighted by Gasteiger charge is -2.14. The number of nitrogens with zero attached hydrogens (tertiary/aromatic N) is 1. The van der Waals surface area contributed by atoms with Crippen molar-refractivity contribution in [1.82, 2.24) is 4.98 Å². The van der Waals surface area contributed by atoms with E-state index in [1.54, 1.807) is 6.20 Å². The van der Waals surface area contributed by atoms with E-state index in [0.29, 0.717) is 12.2 Å². The first-order valence-corrected chi connectivity index (χ1v) is 3.91. The molecule has 0 unspecified atom stereocenters. The second-order valence-corrected chi connectivity index (χ2v) is 2.79. The Bertz CT molecular complexity index is 309. The first-order chi connectivity index (χ1) is 5.90. The average Bonchev–Trinajstić information content (AvgIpc) is 2.17. The predicted octanol–water partition coefficient (Wildman–Crippen LogP) is 0.967. The number of fused-ring (bicyclic) bond motifs is 1. The van der Waals surface area contributed by atoms with E-state index in [1.165, 1.54) is 0 Å². The van der Waals surface area contributed by atoms with Crippen LogP contribution in [0.2, 0.25) is 0 Å².